The Hall–Kier alpha value is -1.99. The molecule has 0 radical (unpaired) electrons. The molecule has 0 fully saturated rings. The minimum absolute atomic E-state index is 0.0330. The summed E-state index contributed by atoms with van der Waals surface area (Å²) in [7, 11) is -3.28. The van der Waals surface area contributed by atoms with Crippen LogP contribution >= 0.6 is 0 Å². The van der Waals surface area contributed by atoms with Gasteiger partial charge in [0.25, 0.3) is 10.1 Å². The number of benzene rings is 1. The maximum atomic E-state index is 11.4. The number of pyridine rings is 1. The van der Waals surface area contributed by atoms with Gasteiger partial charge >= 0.3 is 5.97 Å². The summed E-state index contributed by atoms with van der Waals surface area (Å²) in [6.45, 7) is 0. The summed E-state index contributed by atoms with van der Waals surface area (Å²) in [4.78, 5) is 14.9. The van der Waals surface area contributed by atoms with Crippen LogP contribution < -0.4 is 0 Å². The normalized spacial score (nSPS) is 11.4. The van der Waals surface area contributed by atoms with Gasteiger partial charge < -0.3 is 4.74 Å². The topological polar surface area (TPSA) is 93.6 Å². The molecule has 0 saturated heterocycles. The van der Waals surface area contributed by atoms with Crippen LogP contribution in [0.15, 0.2) is 35.4 Å². The Bertz CT molecular complexity index is 723. The van der Waals surface area contributed by atoms with Crippen LogP contribution in [0, 0.1) is 0 Å². The maximum absolute atomic E-state index is 11.4. The molecule has 6 nitrogen and oxygen atoms in total. The third kappa shape index (κ3) is 2.18. The maximum Gasteiger partial charge on any atom is 0.337 e. The van der Waals surface area contributed by atoms with Crippen LogP contribution in [-0.2, 0) is 14.9 Å². The van der Waals surface area contributed by atoms with Crippen molar-refractivity contribution in [2.75, 3.05) is 7.11 Å². The molecule has 0 unspecified atom stereocenters. The van der Waals surface area contributed by atoms with Crippen LogP contribution in [0.2, 0.25) is 0 Å². The molecule has 0 aliphatic carbocycles. The highest BCUT2D eigenvalue weighted by atomic mass is 32.2. The van der Waals surface area contributed by atoms with Crippen molar-refractivity contribution in [1.29, 1.82) is 0 Å². The third-order valence-electron chi connectivity index (χ3n) is 2.37. The molecule has 1 aromatic heterocycles. The Morgan fingerprint density at radius 1 is 1.39 bits per heavy atom. The number of rotatable bonds is 2. The molecule has 18 heavy (non-hydrogen) atoms. The van der Waals surface area contributed by atoms with E-state index in [4.69, 9.17) is 4.55 Å². The summed E-state index contributed by atoms with van der Waals surface area (Å²) in [6, 6.07) is 5.67. The van der Waals surface area contributed by atoms with Crippen molar-refractivity contribution in [2.45, 2.75) is 4.90 Å². The van der Waals surface area contributed by atoms with E-state index in [1.54, 1.807) is 12.1 Å². The first-order chi connectivity index (χ1) is 8.43. The van der Waals surface area contributed by atoms with Crippen LogP contribution in [0.25, 0.3) is 10.9 Å². The number of methoxy groups -OCH3 is 1. The quantitative estimate of drug-likeness (QED) is 0.650. The Morgan fingerprint density at radius 2 is 2.11 bits per heavy atom. The van der Waals surface area contributed by atoms with Crippen molar-refractivity contribution in [2.24, 2.45) is 0 Å². The predicted octanol–water partition coefficient (Wildman–Crippen LogP) is 1.27. The van der Waals surface area contributed by atoms with Crippen LogP contribution in [0.1, 0.15) is 10.4 Å². The minimum Gasteiger partial charge on any atom is -0.465 e. The molecule has 1 N–H and O–H groups in total. The fraction of sp³-hybridized carbons (Fsp3) is 0.0909. The molecule has 0 saturated carbocycles. The first kappa shape index (κ1) is 12.5. The number of carbonyl (C=O) groups excluding carboxylic acids is 1. The molecule has 7 heteroatoms. The van der Waals surface area contributed by atoms with Gasteiger partial charge in [-0.1, -0.05) is 6.07 Å². The number of esters is 1. The summed E-state index contributed by atoms with van der Waals surface area (Å²) in [5.41, 5.74) is 0.137. The first-order valence-electron chi connectivity index (χ1n) is 4.88. The fourth-order valence-electron chi connectivity index (χ4n) is 1.59. The SMILES string of the molecule is COC(=O)c1cc(S(=O)(=O)O)c2ncccc2c1. The van der Waals surface area contributed by atoms with E-state index in [0.29, 0.717) is 5.39 Å². The largest absolute Gasteiger partial charge is 0.465 e. The third-order valence-corrected chi connectivity index (χ3v) is 3.24. The number of fused-ring (bicyclic) bond motifs is 1. The predicted molar refractivity (Wildman–Crippen MR) is 62.9 cm³/mol. The van der Waals surface area contributed by atoms with E-state index in [1.165, 1.54) is 19.4 Å². The number of hydrogen-bond acceptors (Lipinski definition) is 5. The Morgan fingerprint density at radius 3 is 2.72 bits per heavy atom. The molecular weight excluding hydrogens is 258 g/mol. The van der Waals surface area contributed by atoms with Crippen molar-refractivity contribution >= 4 is 27.0 Å². The van der Waals surface area contributed by atoms with Crippen LogP contribution in [-0.4, -0.2) is 31.0 Å². The molecule has 0 spiro atoms. The summed E-state index contributed by atoms with van der Waals surface area (Å²) >= 11 is 0. The molecular formula is C11H9NO5S. The monoisotopic (exact) mass is 267 g/mol. The Balaban J connectivity index is 2.85. The van der Waals surface area contributed by atoms with Crippen molar-refractivity contribution in [3.05, 3.63) is 36.0 Å². The van der Waals surface area contributed by atoms with Crippen molar-refractivity contribution in [3.8, 4) is 0 Å². The molecule has 1 aromatic carbocycles. The van der Waals surface area contributed by atoms with E-state index >= 15 is 0 Å². The highest BCUT2D eigenvalue weighted by Gasteiger charge is 2.19. The molecule has 94 valence electrons. The highest BCUT2D eigenvalue weighted by molar-refractivity contribution is 7.86. The molecule has 2 aromatic rings. The van der Waals surface area contributed by atoms with Crippen molar-refractivity contribution in [3.63, 3.8) is 0 Å². The lowest BCUT2D eigenvalue weighted by atomic mass is 10.1. The van der Waals surface area contributed by atoms with Gasteiger partial charge in [-0.25, -0.2) is 4.79 Å². The van der Waals surface area contributed by atoms with Crippen molar-refractivity contribution < 1.29 is 22.5 Å². The fourth-order valence-corrected chi connectivity index (χ4v) is 2.28. The summed E-state index contributed by atoms with van der Waals surface area (Å²) in [5.74, 6) is -0.689. The minimum atomic E-state index is -4.46. The second-order valence-electron chi connectivity index (χ2n) is 3.52. The van der Waals surface area contributed by atoms with Crippen molar-refractivity contribution in [1.82, 2.24) is 4.98 Å². The lowest BCUT2D eigenvalue weighted by Crippen LogP contribution is -2.06. The number of ether oxygens (including phenoxy) is 1. The van der Waals surface area contributed by atoms with Gasteiger partial charge in [-0.15, -0.1) is 0 Å². The summed E-state index contributed by atoms with van der Waals surface area (Å²) in [6.07, 6.45) is 1.40. The van der Waals surface area contributed by atoms with Crippen LogP contribution in [0.3, 0.4) is 0 Å². The van der Waals surface area contributed by atoms with E-state index in [-0.39, 0.29) is 11.1 Å². The number of nitrogens with zero attached hydrogens (tertiary/aromatic N) is 1. The molecule has 0 aliphatic rings. The van der Waals surface area contributed by atoms with E-state index in [2.05, 4.69) is 9.72 Å². The van der Waals surface area contributed by atoms with Gasteiger partial charge in [0.15, 0.2) is 0 Å². The van der Waals surface area contributed by atoms with Gasteiger partial charge in [-0.3, -0.25) is 9.54 Å². The van der Waals surface area contributed by atoms with Gasteiger partial charge in [0.2, 0.25) is 0 Å². The van der Waals surface area contributed by atoms with E-state index < -0.39 is 21.0 Å². The van der Waals surface area contributed by atoms with Gasteiger partial charge in [0, 0.05) is 11.6 Å². The summed E-state index contributed by atoms with van der Waals surface area (Å²) < 4.78 is 36.2. The molecule has 0 aliphatic heterocycles. The zero-order valence-corrected chi connectivity index (χ0v) is 10.1. The second-order valence-corrected chi connectivity index (χ2v) is 4.91. The Kier molecular flexibility index (Phi) is 3.02. The van der Waals surface area contributed by atoms with E-state index in [1.807, 2.05) is 0 Å². The smallest absolute Gasteiger partial charge is 0.337 e. The number of aromatic nitrogens is 1. The standard InChI is InChI=1S/C11H9NO5S/c1-17-11(13)8-5-7-3-2-4-12-10(7)9(6-8)18(14,15)16/h2-6H,1H3,(H,14,15,16). The molecule has 1 heterocycles. The number of carbonyl (C=O) groups is 1. The molecule has 0 atom stereocenters. The average Bonchev–Trinajstić information content (AvgIpc) is 2.35. The van der Waals surface area contributed by atoms with E-state index in [9.17, 15) is 13.2 Å². The average molecular weight is 267 g/mol. The second kappa shape index (κ2) is 4.35. The zero-order valence-electron chi connectivity index (χ0n) is 9.32. The number of hydrogen-bond donors (Lipinski definition) is 1. The van der Waals surface area contributed by atoms with Crippen LogP contribution in [0.5, 0.6) is 0 Å². The van der Waals surface area contributed by atoms with Gasteiger partial charge in [0.1, 0.15) is 4.90 Å². The van der Waals surface area contributed by atoms with Gasteiger partial charge in [0.05, 0.1) is 18.2 Å². The zero-order chi connectivity index (χ0) is 13.3. The molecule has 0 bridgehead atoms. The lowest BCUT2D eigenvalue weighted by Gasteiger charge is -2.06. The van der Waals surface area contributed by atoms with Gasteiger partial charge in [-0.2, -0.15) is 8.42 Å². The van der Waals surface area contributed by atoms with Crippen LogP contribution in [0.4, 0.5) is 0 Å². The highest BCUT2D eigenvalue weighted by Crippen LogP contribution is 2.23. The molecule has 2 rings (SSSR count). The molecule has 0 amide bonds. The van der Waals surface area contributed by atoms with E-state index in [0.717, 1.165) is 6.07 Å². The van der Waals surface area contributed by atoms with Gasteiger partial charge in [-0.05, 0) is 18.2 Å². The summed E-state index contributed by atoms with van der Waals surface area (Å²) in [5, 5.41) is 0.424. The first-order valence-corrected chi connectivity index (χ1v) is 6.32. The lowest BCUT2D eigenvalue weighted by molar-refractivity contribution is 0.0600. The Labute approximate surface area is 103 Å².